The van der Waals surface area contributed by atoms with Crippen LogP contribution < -0.4 is 0 Å². The summed E-state index contributed by atoms with van der Waals surface area (Å²) >= 11 is 8.24. The van der Waals surface area contributed by atoms with Crippen LogP contribution in [-0.2, 0) is 24.1 Å². The molecular weight excluding hydrogens is 430 g/mol. The predicted molar refractivity (Wildman–Crippen MR) is 126 cm³/mol. The summed E-state index contributed by atoms with van der Waals surface area (Å²) < 4.78 is 6.26. The third kappa shape index (κ3) is 5.14. The molecule has 4 rings (SSSR count). The van der Waals surface area contributed by atoms with Crippen molar-refractivity contribution in [3.63, 3.8) is 0 Å². The Labute approximate surface area is 194 Å². The number of aromatic nitrogens is 1. The van der Waals surface area contributed by atoms with Gasteiger partial charge in [0.15, 0.2) is 0 Å². The summed E-state index contributed by atoms with van der Waals surface area (Å²) in [6.45, 7) is 8.92. The second kappa shape index (κ2) is 9.99. The fourth-order valence-corrected chi connectivity index (χ4v) is 5.63. The summed E-state index contributed by atoms with van der Waals surface area (Å²) in [6.07, 6.45) is 4.85. The molecule has 2 aliphatic heterocycles. The van der Waals surface area contributed by atoms with Gasteiger partial charge in [0, 0.05) is 36.6 Å². The largest absolute Gasteiger partial charge is 0.371 e. The Morgan fingerprint density at radius 2 is 2.00 bits per heavy atom. The van der Waals surface area contributed by atoms with Crippen molar-refractivity contribution in [3.8, 4) is 0 Å². The number of amides is 1. The van der Waals surface area contributed by atoms with Gasteiger partial charge in [0.1, 0.15) is 5.69 Å². The van der Waals surface area contributed by atoms with E-state index in [-0.39, 0.29) is 11.5 Å². The molecule has 168 valence electrons. The number of thiazole rings is 1. The van der Waals surface area contributed by atoms with Gasteiger partial charge in [-0.3, -0.25) is 9.69 Å². The van der Waals surface area contributed by atoms with E-state index in [0.717, 1.165) is 61.8 Å². The Morgan fingerprint density at radius 1 is 1.23 bits per heavy atom. The van der Waals surface area contributed by atoms with E-state index >= 15 is 0 Å². The van der Waals surface area contributed by atoms with Gasteiger partial charge in [0.05, 0.1) is 23.8 Å². The monoisotopic (exact) mass is 461 g/mol. The molecule has 1 spiro atoms. The zero-order chi connectivity index (χ0) is 21.8. The van der Waals surface area contributed by atoms with Crippen LogP contribution in [0.25, 0.3) is 0 Å². The van der Waals surface area contributed by atoms with Gasteiger partial charge in [-0.2, -0.15) is 0 Å². The van der Waals surface area contributed by atoms with E-state index in [1.807, 2.05) is 10.3 Å². The smallest absolute Gasteiger partial charge is 0.273 e. The van der Waals surface area contributed by atoms with E-state index in [1.54, 1.807) is 11.3 Å². The molecule has 2 saturated heterocycles. The van der Waals surface area contributed by atoms with Gasteiger partial charge in [-0.1, -0.05) is 50.1 Å². The number of likely N-dealkylation sites (tertiary alicyclic amines) is 1. The topological polar surface area (TPSA) is 45.7 Å². The first-order valence-electron chi connectivity index (χ1n) is 11.4. The molecule has 1 aromatic heterocycles. The van der Waals surface area contributed by atoms with Crippen molar-refractivity contribution in [3.05, 3.63) is 50.4 Å². The van der Waals surface area contributed by atoms with Crippen molar-refractivity contribution in [2.75, 3.05) is 32.8 Å². The molecule has 0 radical (unpaired) electrons. The summed E-state index contributed by atoms with van der Waals surface area (Å²) in [4.78, 5) is 21.9. The molecule has 2 aliphatic rings. The van der Waals surface area contributed by atoms with Crippen LogP contribution in [0.15, 0.2) is 23.6 Å². The number of ether oxygens (including phenoxy) is 1. The Kier molecular flexibility index (Phi) is 7.32. The van der Waals surface area contributed by atoms with Gasteiger partial charge >= 0.3 is 0 Å². The molecule has 2 fully saturated rings. The number of halogens is 1. The highest BCUT2D eigenvalue weighted by atomic mass is 35.5. The molecule has 5 nitrogen and oxygen atoms in total. The number of carbonyl (C=O) groups is 1. The molecule has 0 saturated carbocycles. The first kappa shape index (κ1) is 22.7. The number of rotatable bonds is 6. The highest BCUT2D eigenvalue weighted by Gasteiger charge is 2.41. The van der Waals surface area contributed by atoms with E-state index < -0.39 is 0 Å². The summed E-state index contributed by atoms with van der Waals surface area (Å²) in [6, 6.07) is 6.39. The summed E-state index contributed by atoms with van der Waals surface area (Å²) in [5.41, 5.74) is 2.80. The number of carbonyl (C=O) groups excluding carboxylic acids is 1. The van der Waals surface area contributed by atoms with E-state index in [9.17, 15) is 4.79 Å². The lowest BCUT2D eigenvalue weighted by molar-refractivity contribution is -0.128. The lowest BCUT2D eigenvalue weighted by Crippen LogP contribution is -2.58. The average molecular weight is 462 g/mol. The number of hydrogen-bond donors (Lipinski definition) is 0. The quantitative estimate of drug-likeness (QED) is 0.618. The second-order valence-corrected chi connectivity index (χ2v) is 9.98. The van der Waals surface area contributed by atoms with Crippen LogP contribution in [-0.4, -0.2) is 59.1 Å². The molecule has 0 aliphatic carbocycles. The van der Waals surface area contributed by atoms with Gasteiger partial charge in [0.25, 0.3) is 5.91 Å². The number of piperidine rings is 1. The van der Waals surface area contributed by atoms with Gasteiger partial charge in [-0.15, -0.1) is 11.3 Å². The SMILES string of the molecule is CCCc1cccc(CN2CCC3(CC2)CN(C(=O)c2csc(CC)n2)CCO3)c1Cl. The summed E-state index contributed by atoms with van der Waals surface area (Å²) in [5, 5.41) is 3.83. The van der Waals surface area contributed by atoms with Gasteiger partial charge in [-0.25, -0.2) is 4.98 Å². The normalized spacial score (nSPS) is 19.1. The Morgan fingerprint density at radius 3 is 2.71 bits per heavy atom. The van der Waals surface area contributed by atoms with Crippen molar-refractivity contribution in [1.82, 2.24) is 14.8 Å². The van der Waals surface area contributed by atoms with Gasteiger partial charge < -0.3 is 9.64 Å². The van der Waals surface area contributed by atoms with Gasteiger partial charge in [0.2, 0.25) is 0 Å². The zero-order valence-corrected chi connectivity index (χ0v) is 20.1. The number of aryl methyl sites for hydroxylation is 2. The highest BCUT2D eigenvalue weighted by Crippen LogP contribution is 2.32. The minimum absolute atomic E-state index is 0.0422. The molecule has 3 heterocycles. The van der Waals surface area contributed by atoms with Crippen LogP contribution in [0.3, 0.4) is 0 Å². The average Bonchev–Trinajstić information content (AvgIpc) is 3.27. The third-order valence-corrected chi connectivity index (χ3v) is 7.93. The molecule has 31 heavy (non-hydrogen) atoms. The van der Waals surface area contributed by atoms with Crippen molar-refractivity contribution in [2.45, 2.75) is 58.1 Å². The molecule has 2 aromatic rings. The molecule has 7 heteroatoms. The van der Waals surface area contributed by atoms with Crippen LogP contribution in [0.5, 0.6) is 0 Å². The number of benzene rings is 1. The highest BCUT2D eigenvalue weighted by molar-refractivity contribution is 7.09. The molecule has 1 aromatic carbocycles. The van der Waals surface area contributed by atoms with Crippen LogP contribution in [0.4, 0.5) is 0 Å². The Hall–Kier alpha value is -1.47. The van der Waals surface area contributed by atoms with Gasteiger partial charge in [-0.05, 0) is 36.8 Å². The third-order valence-electron chi connectivity index (χ3n) is 6.45. The first-order chi connectivity index (χ1) is 15.0. The van der Waals surface area contributed by atoms with Crippen LogP contribution in [0.1, 0.15) is 59.7 Å². The maximum absolute atomic E-state index is 13.0. The maximum Gasteiger partial charge on any atom is 0.273 e. The zero-order valence-electron chi connectivity index (χ0n) is 18.5. The second-order valence-electron chi connectivity index (χ2n) is 8.65. The van der Waals surface area contributed by atoms with E-state index in [4.69, 9.17) is 16.3 Å². The van der Waals surface area contributed by atoms with Crippen molar-refractivity contribution in [2.24, 2.45) is 0 Å². The fourth-order valence-electron chi connectivity index (χ4n) is 4.63. The summed E-state index contributed by atoms with van der Waals surface area (Å²) in [7, 11) is 0. The van der Waals surface area contributed by atoms with Crippen LogP contribution in [0.2, 0.25) is 5.02 Å². The number of morpholine rings is 1. The fraction of sp³-hybridized carbons (Fsp3) is 0.583. The van der Waals surface area contributed by atoms with Crippen molar-refractivity contribution in [1.29, 1.82) is 0 Å². The minimum Gasteiger partial charge on any atom is -0.371 e. The molecule has 0 unspecified atom stereocenters. The minimum atomic E-state index is -0.234. The van der Waals surface area contributed by atoms with Crippen LogP contribution in [0, 0.1) is 0 Å². The lowest BCUT2D eigenvalue weighted by Gasteiger charge is -2.47. The van der Waals surface area contributed by atoms with Crippen molar-refractivity contribution >= 4 is 28.8 Å². The Bertz CT molecular complexity index is 908. The lowest BCUT2D eigenvalue weighted by atomic mass is 9.89. The molecule has 0 N–H and O–H groups in total. The number of hydrogen-bond acceptors (Lipinski definition) is 5. The molecule has 0 bridgehead atoms. The number of nitrogens with zero attached hydrogens (tertiary/aromatic N) is 3. The summed E-state index contributed by atoms with van der Waals surface area (Å²) in [5.74, 6) is 0.0422. The molecular formula is C24H32ClN3O2S. The van der Waals surface area contributed by atoms with E-state index in [0.29, 0.717) is 25.4 Å². The Balaban J connectivity index is 1.36. The maximum atomic E-state index is 13.0. The first-order valence-corrected chi connectivity index (χ1v) is 12.7. The predicted octanol–water partition coefficient (Wildman–Crippen LogP) is 4.82. The van der Waals surface area contributed by atoms with E-state index in [1.165, 1.54) is 11.1 Å². The van der Waals surface area contributed by atoms with E-state index in [2.05, 4.69) is 41.9 Å². The standard InChI is InChI=1S/C24H32ClN3O2S/c1-3-6-18-7-5-8-19(22(18)25)15-27-11-9-24(10-12-27)17-28(13-14-30-24)23(29)20-16-31-21(4-2)26-20/h5,7-8,16H,3-4,6,9-15,17H2,1-2H3. The van der Waals surface area contributed by atoms with Crippen LogP contribution >= 0.6 is 22.9 Å². The molecule has 1 amide bonds. The van der Waals surface area contributed by atoms with Crippen molar-refractivity contribution < 1.29 is 9.53 Å². The molecule has 0 atom stereocenters.